The summed E-state index contributed by atoms with van der Waals surface area (Å²) in [5.41, 5.74) is 9.26. The van der Waals surface area contributed by atoms with Crippen LogP contribution >= 0.6 is 0 Å². The molecule has 3 aromatic rings. The number of nitrogens with one attached hydrogen (secondary N) is 1. The minimum Gasteiger partial charge on any atom is -0.384 e. The van der Waals surface area contributed by atoms with E-state index in [2.05, 4.69) is 15.3 Å². The summed E-state index contributed by atoms with van der Waals surface area (Å²) in [7, 11) is 1.63. The van der Waals surface area contributed by atoms with Gasteiger partial charge in [0, 0.05) is 31.3 Å². The van der Waals surface area contributed by atoms with Gasteiger partial charge in [0.2, 0.25) is 5.91 Å². The monoisotopic (exact) mass is 500 g/mol. The van der Waals surface area contributed by atoms with E-state index in [4.69, 9.17) is 5.73 Å². The Morgan fingerprint density at radius 2 is 1.86 bits per heavy atom. The molecule has 1 fully saturated rings. The lowest BCUT2D eigenvalue weighted by Gasteiger charge is -2.46. The highest BCUT2D eigenvalue weighted by atomic mass is 16.2. The maximum atomic E-state index is 13.7. The smallest absolute Gasteiger partial charge is 0.325 e. The van der Waals surface area contributed by atoms with Crippen molar-refractivity contribution in [2.24, 2.45) is 5.92 Å². The van der Waals surface area contributed by atoms with Crippen molar-refractivity contribution in [3.05, 3.63) is 83.8 Å². The highest BCUT2D eigenvalue weighted by Gasteiger charge is 2.55. The van der Waals surface area contributed by atoms with Crippen LogP contribution in [0, 0.1) is 12.8 Å². The first-order valence-corrected chi connectivity index (χ1v) is 12.4. The lowest BCUT2D eigenvalue weighted by Crippen LogP contribution is -2.70. The second kappa shape index (κ2) is 11.2. The third-order valence-corrected chi connectivity index (χ3v) is 6.81. The molecule has 0 radical (unpaired) electrons. The molecule has 3 heterocycles. The van der Waals surface area contributed by atoms with Gasteiger partial charge in [0.15, 0.2) is 0 Å². The maximum absolute atomic E-state index is 13.7. The van der Waals surface area contributed by atoms with E-state index in [0.29, 0.717) is 17.9 Å². The van der Waals surface area contributed by atoms with Crippen LogP contribution in [0.25, 0.3) is 0 Å². The number of nitrogens with zero attached hydrogens (tertiary/aromatic N) is 4. The number of anilines is 2. The first kappa shape index (κ1) is 25.8. The normalized spacial score (nSPS) is 17.6. The van der Waals surface area contributed by atoms with Gasteiger partial charge in [0.25, 0.3) is 5.91 Å². The number of nitrogen functional groups attached to an aromatic ring is 1. The highest BCUT2D eigenvalue weighted by Crippen LogP contribution is 2.33. The van der Waals surface area contributed by atoms with Crippen LogP contribution < -0.4 is 16.0 Å². The Hall–Kier alpha value is -4.27. The summed E-state index contributed by atoms with van der Waals surface area (Å²) < 4.78 is 0. The molecule has 0 bridgehead atoms. The zero-order valence-electron chi connectivity index (χ0n) is 21.3. The van der Waals surface area contributed by atoms with Gasteiger partial charge in [-0.3, -0.25) is 19.5 Å². The molecule has 37 heavy (non-hydrogen) atoms. The number of aromatic nitrogens is 2. The van der Waals surface area contributed by atoms with Crippen molar-refractivity contribution in [3.8, 4) is 0 Å². The Kier molecular flexibility index (Phi) is 7.81. The molecule has 2 aromatic heterocycles. The second-order valence-corrected chi connectivity index (χ2v) is 9.30. The molecule has 0 saturated carbocycles. The van der Waals surface area contributed by atoms with E-state index >= 15 is 0 Å². The summed E-state index contributed by atoms with van der Waals surface area (Å²) in [6, 6.07) is 12.9. The highest BCUT2D eigenvalue weighted by molar-refractivity contribution is 6.12. The van der Waals surface area contributed by atoms with Gasteiger partial charge in [-0.2, -0.15) is 0 Å². The number of rotatable bonds is 8. The summed E-state index contributed by atoms with van der Waals surface area (Å²) in [5.74, 6) is -1.12. The number of hydrogen-bond donors (Lipinski definition) is 2. The molecule has 1 aromatic carbocycles. The van der Waals surface area contributed by atoms with Gasteiger partial charge in [-0.05, 0) is 60.7 Å². The Balaban J connectivity index is 1.61. The Bertz CT molecular complexity index is 1280. The zero-order valence-corrected chi connectivity index (χ0v) is 21.3. The molecule has 1 aliphatic heterocycles. The van der Waals surface area contributed by atoms with Gasteiger partial charge in [0.1, 0.15) is 11.9 Å². The van der Waals surface area contributed by atoms with Gasteiger partial charge < -0.3 is 16.0 Å². The van der Waals surface area contributed by atoms with Crippen molar-refractivity contribution in [1.29, 1.82) is 0 Å². The van der Waals surface area contributed by atoms with E-state index < -0.39 is 23.9 Å². The van der Waals surface area contributed by atoms with Crippen LogP contribution in [0.3, 0.4) is 0 Å². The van der Waals surface area contributed by atoms with Crippen LogP contribution in [0.1, 0.15) is 42.5 Å². The lowest BCUT2D eigenvalue weighted by atomic mass is 9.81. The molecule has 3 N–H and O–H groups in total. The first-order chi connectivity index (χ1) is 17.8. The van der Waals surface area contributed by atoms with Crippen molar-refractivity contribution in [2.45, 2.75) is 45.2 Å². The first-order valence-electron chi connectivity index (χ1n) is 12.4. The van der Waals surface area contributed by atoms with E-state index in [1.165, 1.54) is 4.90 Å². The van der Waals surface area contributed by atoms with Gasteiger partial charge in [-0.15, -0.1) is 0 Å². The number of aryl methyl sites for hydroxylation is 1. The van der Waals surface area contributed by atoms with Crippen LogP contribution in [0.15, 0.2) is 67.1 Å². The average molecular weight is 501 g/mol. The van der Waals surface area contributed by atoms with Crippen molar-refractivity contribution < 1.29 is 14.4 Å². The Morgan fingerprint density at radius 3 is 2.54 bits per heavy atom. The lowest BCUT2D eigenvalue weighted by molar-refractivity contribution is -0.156. The largest absolute Gasteiger partial charge is 0.384 e. The number of imide groups is 1. The molecule has 1 aliphatic rings. The molecule has 9 nitrogen and oxygen atoms in total. The fraction of sp³-hybridized carbons (Fsp3) is 0.321. The molecular formula is C28H32N6O3. The van der Waals surface area contributed by atoms with Gasteiger partial charge in [0.05, 0.1) is 12.0 Å². The molecule has 0 unspecified atom stereocenters. The topological polar surface area (TPSA) is 122 Å². The predicted octanol–water partition coefficient (Wildman–Crippen LogP) is 3.65. The maximum Gasteiger partial charge on any atom is 0.325 e. The number of urea groups is 1. The quantitative estimate of drug-likeness (QED) is 0.456. The van der Waals surface area contributed by atoms with Gasteiger partial charge in [-0.1, -0.05) is 37.6 Å². The minimum absolute atomic E-state index is 0.270. The Labute approximate surface area is 216 Å². The summed E-state index contributed by atoms with van der Waals surface area (Å²) in [6.07, 6.45) is 6.55. The summed E-state index contributed by atoms with van der Waals surface area (Å²) in [4.78, 5) is 51.1. The van der Waals surface area contributed by atoms with Crippen molar-refractivity contribution >= 4 is 29.4 Å². The van der Waals surface area contributed by atoms with E-state index in [9.17, 15) is 14.4 Å². The van der Waals surface area contributed by atoms with Crippen LogP contribution in [0.2, 0.25) is 0 Å². The van der Waals surface area contributed by atoms with E-state index in [-0.39, 0.29) is 18.4 Å². The van der Waals surface area contributed by atoms with Crippen molar-refractivity contribution in [3.63, 3.8) is 0 Å². The molecular weight excluding hydrogens is 468 g/mol. The number of pyridine rings is 2. The number of benzene rings is 1. The molecule has 4 amide bonds. The van der Waals surface area contributed by atoms with E-state index in [1.54, 1.807) is 49.9 Å². The molecule has 0 aliphatic carbocycles. The molecule has 9 heteroatoms. The second-order valence-electron chi connectivity index (χ2n) is 9.30. The standard InChI is InChI=1S/C28H32N6O3/c1-4-7-23(21-9-6-5-8-18(21)2)32-28(37)34-25(27(36)33(3)20-11-13-30-14-12-20)22(26(34)35)16-19-10-15-31-24(29)17-19/h5-6,8-15,17,22-23,25H,4,7,16H2,1-3H3,(H2,29,31)(H,32,37)/t22-,23-,25+/m1/s1. The summed E-state index contributed by atoms with van der Waals surface area (Å²) in [6.45, 7) is 4.03. The summed E-state index contributed by atoms with van der Waals surface area (Å²) >= 11 is 0. The number of amides is 4. The zero-order chi connectivity index (χ0) is 26.5. The molecule has 4 rings (SSSR count). The number of nitrogens with two attached hydrogens (primary N) is 1. The number of carbonyl (C=O) groups excluding carboxylic acids is 3. The van der Waals surface area contributed by atoms with Gasteiger partial charge in [-0.25, -0.2) is 9.78 Å². The van der Waals surface area contributed by atoms with Crippen molar-refractivity contribution in [2.75, 3.05) is 17.7 Å². The number of carbonyl (C=O) groups is 3. The molecule has 192 valence electrons. The molecule has 1 saturated heterocycles. The Morgan fingerprint density at radius 1 is 1.14 bits per heavy atom. The third kappa shape index (κ3) is 5.45. The fourth-order valence-corrected chi connectivity index (χ4v) is 4.82. The number of likely N-dealkylation sites (N-methyl/N-ethyl adjacent to an activating group) is 1. The summed E-state index contributed by atoms with van der Waals surface area (Å²) in [5, 5.41) is 3.02. The van der Waals surface area contributed by atoms with Crippen LogP contribution in [0.4, 0.5) is 16.3 Å². The molecule has 0 spiro atoms. The minimum atomic E-state index is -0.959. The van der Waals surface area contributed by atoms with Crippen molar-refractivity contribution in [1.82, 2.24) is 20.2 Å². The molecule has 3 atom stereocenters. The number of likely N-dealkylation sites (tertiary alicyclic amines) is 1. The van der Waals surface area contributed by atoms with E-state index in [1.807, 2.05) is 38.1 Å². The number of hydrogen-bond acceptors (Lipinski definition) is 6. The van der Waals surface area contributed by atoms with Crippen LogP contribution in [-0.2, 0) is 16.0 Å². The number of β-lactam (4-membered cyclic amide) rings is 1. The average Bonchev–Trinajstić information content (AvgIpc) is 2.90. The van der Waals surface area contributed by atoms with Crippen LogP contribution in [0.5, 0.6) is 0 Å². The van der Waals surface area contributed by atoms with Crippen LogP contribution in [-0.4, -0.2) is 45.8 Å². The SMILES string of the molecule is CCC[C@@H](NC(=O)N1C(=O)[C@H](Cc2ccnc(N)c2)[C@H]1C(=O)N(C)c1ccncc1)c1ccccc1C. The predicted molar refractivity (Wildman–Crippen MR) is 141 cm³/mol. The van der Waals surface area contributed by atoms with Gasteiger partial charge >= 0.3 is 6.03 Å². The van der Waals surface area contributed by atoms with E-state index in [0.717, 1.165) is 28.0 Å². The fourth-order valence-electron chi connectivity index (χ4n) is 4.82. The third-order valence-electron chi connectivity index (χ3n) is 6.81.